The van der Waals surface area contributed by atoms with Crippen LogP contribution in [0.1, 0.15) is 70.2 Å². The molecule has 2 fully saturated rings. The molecule has 0 aromatic carbocycles. The van der Waals surface area contributed by atoms with Crippen LogP contribution in [0.5, 0.6) is 0 Å². The van der Waals surface area contributed by atoms with E-state index in [-0.39, 0.29) is 5.41 Å². The zero-order chi connectivity index (χ0) is 13.1. The molecule has 19 heavy (non-hydrogen) atoms. The third-order valence-corrected chi connectivity index (χ3v) is 4.99. The van der Waals surface area contributed by atoms with Crippen molar-refractivity contribution in [2.75, 3.05) is 13.1 Å². The molecule has 0 bridgehead atoms. The molecular weight excluding hydrogens is 236 g/mol. The minimum absolute atomic E-state index is 0.239. The summed E-state index contributed by atoms with van der Waals surface area (Å²) in [6, 6.07) is 0.646. The van der Waals surface area contributed by atoms with Crippen molar-refractivity contribution in [2.45, 2.75) is 69.7 Å². The molecule has 106 valence electrons. The van der Waals surface area contributed by atoms with Gasteiger partial charge in [-0.1, -0.05) is 32.6 Å². The molecule has 1 saturated carbocycles. The van der Waals surface area contributed by atoms with Crippen LogP contribution in [0.2, 0.25) is 0 Å². The Labute approximate surface area is 116 Å². The highest BCUT2D eigenvalue weighted by molar-refractivity contribution is 5.13. The molecule has 1 aliphatic carbocycles. The summed E-state index contributed by atoms with van der Waals surface area (Å²) in [7, 11) is 0. The molecule has 1 atom stereocenters. The Bertz CT molecular complexity index is 400. The smallest absolute Gasteiger partial charge is 0.140 e. The Morgan fingerprint density at radius 1 is 1.37 bits per heavy atom. The van der Waals surface area contributed by atoms with Crippen molar-refractivity contribution in [1.82, 2.24) is 20.1 Å². The van der Waals surface area contributed by atoms with Gasteiger partial charge in [-0.3, -0.25) is 0 Å². The van der Waals surface area contributed by atoms with Gasteiger partial charge in [-0.25, -0.2) is 0 Å². The van der Waals surface area contributed by atoms with Crippen molar-refractivity contribution in [2.24, 2.45) is 0 Å². The maximum absolute atomic E-state index is 4.54. The van der Waals surface area contributed by atoms with Crippen molar-refractivity contribution in [3.05, 3.63) is 12.2 Å². The van der Waals surface area contributed by atoms with Gasteiger partial charge in [0.05, 0.1) is 0 Å². The van der Waals surface area contributed by atoms with E-state index in [1.54, 1.807) is 0 Å². The summed E-state index contributed by atoms with van der Waals surface area (Å²) >= 11 is 0. The lowest BCUT2D eigenvalue weighted by atomic mass is 9.81. The molecule has 0 radical (unpaired) electrons. The third-order valence-electron chi connectivity index (χ3n) is 4.99. The summed E-state index contributed by atoms with van der Waals surface area (Å²) < 4.78 is 2.42. The molecule has 1 aliphatic heterocycles. The molecule has 2 heterocycles. The highest BCUT2D eigenvalue weighted by Gasteiger charge is 2.40. The van der Waals surface area contributed by atoms with Gasteiger partial charge >= 0.3 is 0 Å². The summed E-state index contributed by atoms with van der Waals surface area (Å²) in [6.07, 6.45) is 12.4. The van der Waals surface area contributed by atoms with Gasteiger partial charge in [-0.05, 0) is 32.2 Å². The highest BCUT2D eigenvalue weighted by atomic mass is 15.3. The summed E-state index contributed by atoms with van der Waals surface area (Å²) in [5.74, 6) is 1.26. The number of nitrogens with one attached hydrogen (secondary N) is 1. The average molecular weight is 262 g/mol. The number of rotatable bonds is 4. The maximum Gasteiger partial charge on any atom is 0.140 e. The first kappa shape index (κ1) is 13.1. The van der Waals surface area contributed by atoms with Crippen LogP contribution < -0.4 is 5.32 Å². The van der Waals surface area contributed by atoms with Gasteiger partial charge in [0, 0.05) is 18.0 Å². The minimum Gasteiger partial charge on any atom is -0.316 e. The Balaban J connectivity index is 1.89. The summed E-state index contributed by atoms with van der Waals surface area (Å²) in [6.45, 7) is 4.48. The molecule has 3 rings (SSSR count). The number of aromatic nitrogens is 3. The second-order valence-electron chi connectivity index (χ2n) is 6.31. The summed E-state index contributed by atoms with van der Waals surface area (Å²) in [4.78, 5) is 0. The Morgan fingerprint density at radius 3 is 2.89 bits per heavy atom. The lowest BCUT2D eigenvalue weighted by Gasteiger charge is -2.31. The van der Waals surface area contributed by atoms with Gasteiger partial charge in [-0.15, -0.1) is 10.2 Å². The largest absolute Gasteiger partial charge is 0.316 e. The molecule has 1 aromatic heterocycles. The standard InChI is InChI=1S/C15H26N4/c1-2-8-15(9-10-16-11-15)14-18-17-12-19(14)13-6-4-3-5-7-13/h12-13,16H,2-11H2,1H3. The van der Waals surface area contributed by atoms with E-state index < -0.39 is 0 Å². The number of hydrogen-bond donors (Lipinski definition) is 1. The average Bonchev–Trinajstić information content (AvgIpc) is 3.09. The fraction of sp³-hybridized carbons (Fsp3) is 0.867. The van der Waals surface area contributed by atoms with Gasteiger partial charge in [0.2, 0.25) is 0 Å². The quantitative estimate of drug-likeness (QED) is 0.907. The van der Waals surface area contributed by atoms with Crippen molar-refractivity contribution >= 4 is 0 Å². The first-order valence-electron chi connectivity index (χ1n) is 7.96. The maximum atomic E-state index is 4.54. The third kappa shape index (κ3) is 2.42. The van der Waals surface area contributed by atoms with E-state index in [1.807, 2.05) is 6.33 Å². The van der Waals surface area contributed by atoms with Crippen molar-refractivity contribution < 1.29 is 0 Å². The predicted octanol–water partition coefficient (Wildman–Crippen LogP) is 2.81. The predicted molar refractivity (Wildman–Crippen MR) is 76.2 cm³/mol. The van der Waals surface area contributed by atoms with Crippen LogP contribution in [0.15, 0.2) is 6.33 Å². The molecule has 1 aromatic rings. The van der Waals surface area contributed by atoms with Gasteiger partial charge in [0.1, 0.15) is 12.2 Å². The Morgan fingerprint density at radius 2 is 2.21 bits per heavy atom. The molecule has 1 unspecified atom stereocenters. The molecule has 4 heteroatoms. The lowest BCUT2D eigenvalue weighted by Crippen LogP contribution is -2.33. The molecule has 1 N–H and O–H groups in total. The van der Waals surface area contributed by atoms with Crippen LogP contribution in [-0.2, 0) is 5.41 Å². The van der Waals surface area contributed by atoms with E-state index in [9.17, 15) is 0 Å². The van der Waals surface area contributed by atoms with Crippen LogP contribution in [0.3, 0.4) is 0 Å². The van der Waals surface area contributed by atoms with Crippen molar-refractivity contribution in [1.29, 1.82) is 0 Å². The monoisotopic (exact) mass is 262 g/mol. The first-order valence-corrected chi connectivity index (χ1v) is 7.96. The van der Waals surface area contributed by atoms with E-state index in [2.05, 4.69) is 27.0 Å². The van der Waals surface area contributed by atoms with Crippen LogP contribution in [0.4, 0.5) is 0 Å². The van der Waals surface area contributed by atoms with Gasteiger partial charge in [0.15, 0.2) is 0 Å². The fourth-order valence-corrected chi connectivity index (χ4v) is 3.99. The lowest BCUT2D eigenvalue weighted by molar-refractivity contribution is 0.310. The van der Waals surface area contributed by atoms with E-state index in [1.165, 1.54) is 57.2 Å². The molecule has 1 saturated heterocycles. The zero-order valence-electron chi connectivity index (χ0n) is 12.1. The van der Waals surface area contributed by atoms with Crippen molar-refractivity contribution in [3.8, 4) is 0 Å². The fourth-order valence-electron chi connectivity index (χ4n) is 3.99. The normalized spacial score (nSPS) is 28.9. The van der Waals surface area contributed by atoms with E-state index in [4.69, 9.17) is 0 Å². The van der Waals surface area contributed by atoms with Crippen LogP contribution in [0, 0.1) is 0 Å². The van der Waals surface area contributed by atoms with Gasteiger partial charge in [-0.2, -0.15) is 0 Å². The SMILES string of the molecule is CCCC1(c2nncn2C2CCCCC2)CCNC1. The van der Waals surface area contributed by atoms with E-state index in [0.29, 0.717) is 6.04 Å². The summed E-state index contributed by atoms with van der Waals surface area (Å²) in [5.41, 5.74) is 0.239. The molecular formula is C15H26N4. The zero-order valence-corrected chi connectivity index (χ0v) is 12.1. The molecule has 4 nitrogen and oxygen atoms in total. The summed E-state index contributed by atoms with van der Waals surface area (Å²) in [5, 5.41) is 12.3. The van der Waals surface area contributed by atoms with Crippen LogP contribution >= 0.6 is 0 Å². The molecule has 2 aliphatic rings. The van der Waals surface area contributed by atoms with Crippen molar-refractivity contribution in [3.63, 3.8) is 0 Å². The topological polar surface area (TPSA) is 42.7 Å². The number of nitrogens with zero attached hydrogens (tertiary/aromatic N) is 3. The molecule has 0 amide bonds. The van der Waals surface area contributed by atoms with Gasteiger partial charge < -0.3 is 9.88 Å². The minimum atomic E-state index is 0.239. The number of hydrogen-bond acceptors (Lipinski definition) is 3. The molecule has 0 spiro atoms. The second-order valence-corrected chi connectivity index (χ2v) is 6.31. The second kappa shape index (κ2) is 5.61. The van der Waals surface area contributed by atoms with Crippen LogP contribution in [0.25, 0.3) is 0 Å². The van der Waals surface area contributed by atoms with Crippen LogP contribution in [-0.4, -0.2) is 27.9 Å². The highest BCUT2D eigenvalue weighted by Crippen LogP contribution is 2.37. The Kier molecular flexibility index (Phi) is 3.87. The Hall–Kier alpha value is -0.900. The van der Waals surface area contributed by atoms with E-state index >= 15 is 0 Å². The van der Waals surface area contributed by atoms with Gasteiger partial charge in [0.25, 0.3) is 0 Å². The van der Waals surface area contributed by atoms with E-state index in [0.717, 1.165) is 13.1 Å². The first-order chi connectivity index (χ1) is 9.36.